The second kappa shape index (κ2) is 21.4. The number of piperidine rings is 2. The molecule has 0 bridgehead atoms. The molecule has 0 saturated carbocycles. The number of rotatable bonds is 15. The third kappa shape index (κ3) is 10.5. The Bertz CT molecular complexity index is 2660. The lowest BCUT2D eigenvalue weighted by atomic mass is 9.83. The number of carboxylic acid groups (broad SMARTS) is 2. The van der Waals surface area contributed by atoms with Crippen molar-refractivity contribution in [3.05, 3.63) is 137 Å². The van der Waals surface area contributed by atoms with Crippen molar-refractivity contribution in [2.45, 2.75) is 73.3 Å². The van der Waals surface area contributed by atoms with Crippen molar-refractivity contribution in [1.29, 1.82) is 0 Å². The molecule has 71 heavy (non-hydrogen) atoms. The highest BCUT2D eigenvalue weighted by atomic mass is 79.9. The molecule has 4 heterocycles. The van der Waals surface area contributed by atoms with Crippen molar-refractivity contribution >= 4 is 93.3 Å². The average molecular weight is 1240 g/mol. The third-order valence-corrected chi connectivity index (χ3v) is 15.8. The Morgan fingerprint density at radius 2 is 0.944 bits per heavy atom. The van der Waals surface area contributed by atoms with Gasteiger partial charge in [0.15, 0.2) is 23.2 Å². The summed E-state index contributed by atoms with van der Waals surface area (Å²) in [6.07, 6.45) is -1.69. The van der Waals surface area contributed by atoms with Gasteiger partial charge in [-0.25, -0.2) is 41.7 Å². The number of hydroxylamine groups is 2. The number of carboxylic acids is 2. The van der Waals surface area contributed by atoms with E-state index in [1.807, 2.05) is 36.4 Å². The largest absolute Gasteiger partial charge is 0.479 e. The normalized spacial score (nSPS) is 24.9. The minimum atomic E-state index is -2.54. The first-order valence-corrected chi connectivity index (χ1v) is 26.0. The zero-order chi connectivity index (χ0) is 51.0. The molecule has 0 spiro atoms. The highest BCUT2D eigenvalue weighted by Crippen LogP contribution is 2.48. The first-order chi connectivity index (χ1) is 33.7. The van der Waals surface area contributed by atoms with Gasteiger partial charge >= 0.3 is 18.0 Å². The second-order valence-electron chi connectivity index (χ2n) is 18.2. The number of nitrogens with one attached hydrogen (secondary N) is 2. The highest BCUT2D eigenvalue weighted by Gasteiger charge is 2.67. The number of carbonyl (C=O) groups excluding carboxylic acids is 3. The van der Waals surface area contributed by atoms with Crippen molar-refractivity contribution in [2.24, 2.45) is 0 Å². The predicted octanol–water partition coefficient (Wildman–Crippen LogP) is 8.02. The number of Topliss-reactive ketones (excluding diaryl/α,β-unsaturated/α-hetero) is 2. The molecule has 8 rings (SSSR count). The number of aliphatic carboxylic acids is 2. The number of hydrogen-bond acceptors (Lipinski definition) is 11. The lowest BCUT2D eigenvalue weighted by Gasteiger charge is -2.47. The SMILES string of the molecule is O=C(ON1CCC(F)(N2CC(NCCc3cc(Br)cc(Br)c3)C(=O)C2(C(=O)O)c2ccc(F)cc2)CC1)N1CCC(F)(N2CC(NCCc3cc(Br)cc(Br)c3)C(=O)C2(C(=O)O)c2ccc(F)cc2)CC1. The zero-order valence-electron chi connectivity index (χ0n) is 37.8. The number of hydrogen-bond donors (Lipinski definition) is 4. The van der Waals surface area contributed by atoms with Crippen LogP contribution in [-0.4, -0.2) is 136 Å². The molecule has 4 aromatic carbocycles. The van der Waals surface area contributed by atoms with Crippen LogP contribution in [0, 0.1) is 11.6 Å². The first-order valence-electron chi connectivity index (χ1n) is 22.8. The molecule has 4 fully saturated rings. The van der Waals surface area contributed by atoms with E-state index in [9.17, 15) is 43.0 Å². The van der Waals surface area contributed by atoms with Gasteiger partial charge in [0.2, 0.25) is 11.1 Å². The maximum Gasteiger partial charge on any atom is 0.428 e. The molecule has 378 valence electrons. The van der Waals surface area contributed by atoms with Crippen LogP contribution in [-0.2, 0) is 47.9 Å². The Morgan fingerprint density at radius 3 is 1.30 bits per heavy atom. The minimum absolute atomic E-state index is 0.120. The van der Waals surface area contributed by atoms with E-state index in [2.05, 4.69) is 74.4 Å². The number of carbonyl (C=O) groups is 5. The molecule has 1 amide bonds. The molecule has 4 aliphatic heterocycles. The van der Waals surface area contributed by atoms with Gasteiger partial charge < -0.3 is 30.6 Å². The van der Waals surface area contributed by atoms with Crippen molar-refractivity contribution in [1.82, 2.24) is 30.4 Å². The number of ketones is 2. The summed E-state index contributed by atoms with van der Waals surface area (Å²) in [5, 5.41) is 29.2. The number of halogens is 8. The smallest absolute Gasteiger partial charge is 0.428 e. The summed E-state index contributed by atoms with van der Waals surface area (Å²) in [5.41, 5.74) is -3.51. The number of nitrogens with zero attached hydrogens (tertiary/aromatic N) is 4. The molecule has 4 atom stereocenters. The van der Waals surface area contributed by atoms with Crippen LogP contribution in [0.2, 0.25) is 0 Å². The molecule has 0 aliphatic carbocycles. The summed E-state index contributed by atoms with van der Waals surface area (Å²) in [6, 6.07) is 17.7. The quantitative estimate of drug-likeness (QED) is 0.0513. The van der Waals surface area contributed by atoms with Gasteiger partial charge in [-0.1, -0.05) is 88.0 Å². The summed E-state index contributed by atoms with van der Waals surface area (Å²) in [4.78, 5) is 78.1. The topological polar surface area (TPSA) is 172 Å². The zero-order valence-corrected chi connectivity index (χ0v) is 44.1. The Balaban J connectivity index is 0.939. The maximum absolute atomic E-state index is 17.6. The van der Waals surface area contributed by atoms with Gasteiger partial charge in [-0.3, -0.25) is 9.59 Å². The summed E-state index contributed by atoms with van der Waals surface area (Å²) in [5.74, 6) is -11.2. The Kier molecular flexibility index (Phi) is 16.0. The molecule has 14 nitrogen and oxygen atoms in total. The van der Waals surface area contributed by atoms with Crippen LogP contribution in [0.1, 0.15) is 47.9 Å². The first kappa shape index (κ1) is 53.2. The molecular weight excluding hydrogens is 1200 g/mol. The molecule has 0 aromatic heterocycles. The van der Waals surface area contributed by atoms with E-state index in [0.29, 0.717) is 12.8 Å². The summed E-state index contributed by atoms with van der Waals surface area (Å²) in [7, 11) is 0. The van der Waals surface area contributed by atoms with Gasteiger partial charge in [0, 0.05) is 82.8 Å². The monoisotopic (exact) mass is 1240 g/mol. The van der Waals surface area contributed by atoms with Crippen LogP contribution in [0.4, 0.5) is 22.4 Å². The average Bonchev–Trinajstić information content (AvgIpc) is 3.79. The Hall–Kier alpha value is -4.13. The minimum Gasteiger partial charge on any atom is -0.479 e. The van der Waals surface area contributed by atoms with Crippen LogP contribution in [0.25, 0.3) is 0 Å². The number of likely N-dealkylation sites (tertiary alicyclic amines) is 3. The second-order valence-corrected chi connectivity index (χ2v) is 21.8. The van der Waals surface area contributed by atoms with Gasteiger partial charge in [0.1, 0.15) is 11.6 Å². The van der Waals surface area contributed by atoms with Crippen LogP contribution >= 0.6 is 63.7 Å². The van der Waals surface area contributed by atoms with E-state index in [1.54, 1.807) is 0 Å². The Labute approximate surface area is 439 Å². The highest BCUT2D eigenvalue weighted by molar-refractivity contribution is 9.11. The van der Waals surface area contributed by atoms with E-state index in [1.165, 1.54) is 9.96 Å². The number of benzene rings is 4. The van der Waals surface area contributed by atoms with Gasteiger partial charge in [-0.05, 0) is 109 Å². The van der Waals surface area contributed by atoms with E-state index in [-0.39, 0.29) is 63.5 Å². The molecule has 4 aromatic rings. The maximum atomic E-state index is 17.6. The fourth-order valence-corrected chi connectivity index (χ4v) is 13.2. The molecule has 22 heteroatoms. The Morgan fingerprint density at radius 1 is 0.592 bits per heavy atom. The van der Waals surface area contributed by atoms with Crippen molar-refractivity contribution in [2.75, 3.05) is 52.4 Å². The van der Waals surface area contributed by atoms with Crippen molar-refractivity contribution < 1.29 is 56.6 Å². The third-order valence-electron chi connectivity index (χ3n) is 13.9. The van der Waals surface area contributed by atoms with Gasteiger partial charge in [-0.2, -0.15) is 0 Å². The summed E-state index contributed by atoms with van der Waals surface area (Å²) >= 11 is 13.8. The molecule has 0 radical (unpaired) electrons. The number of alkyl halides is 2. The number of amides is 1. The van der Waals surface area contributed by atoms with E-state index >= 15 is 8.78 Å². The lowest BCUT2D eigenvalue weighted by Crippen LogP contribution is -2.63. The van der Waals surface area contributed by atoms with E-state index < -0.39 is 102 Å². The van der Waals surface area contributed by atoms with E-state index in [4.69, 9.17) is 4.84 Å². The predicted molar refractivity (Wildman–Crippen MR) is 265 cm³/mol. The standard InChI is InChI=1S/C49H48Br4F4N6O8/c50-33-21-29(22-34(51)25-33)9-15-58-39-27-62(48(41(39)64,43(66)67)31-1-5-37(54)6-2-31)46(56)11-17-60(18-12-46)45(70)71-61-19-13-47(57,14-20-61)63-28-40(59-16-10-30-23-35(52)26-36(53)24-30)42(65)49(63,44(68)69)32-3-7-38(55)8-4-32/h1-8,21-26,39-40,58-59H,9-20,27-28H2,(H,66,67)(H,68,69). The molecule has 4 saturated heterocycles. The van der Waals surface area contributed by atoms with Crippen LogP contribution in [0.3, 0.4) is 0 Å². The summed E-state index contributed by atoms with van der Waals surface area (Å²) in [6.45, 7) is -1.21. The van der Waals surface area contributed by atoms with Crippen LogP contribution in [0.15, 0.2) is 103 Å². The summed E-state index contributed by atoms with van der Waals surface area (Å²) < 4.78 is 66.9. The van der Waals surface area contributed by atoms with Crippen LogP contribution in [0.5, 0.6) is 0 Å². The van der Waals surface area contributed by atoms with Crippen LogP contribution < -0.4 is 10.6 Å². The molecule has 4 unspecified atom stereocenters. The van der Waals surface area contributed by atoms with Gasteiger partial charge in [-0.15, -0.1) is 5.06 Å². The molecule has 4 N–H and O–H groups in total. The van der Waals surface area contributed by atoms with Gasteiger partial charge in [0.05, 0.1) is 12.1 Å². The fraction of sp³-hybridized carbons (Fsp3) is 0.408. The molecule has 4 aliphatic rings. The van der Waals surface area contributed by atoms with E-state index in [0.717, 1.165) is 87.3 Å². The van der Waals surface area contributed by atoms with Crippen molar-refractivity contribution in [3.63, 3.8) is 0 Å². The molecular formula is C49H48Br4F4N6O8. The fourth-order valence-electron chi connectivity index (χ4n) is 10.4. The van der Waals surface area contributed by atoms with Crippen molar-refractivity contribution in [3.8, 4) is 0 Å². The lowest BCUT2D eigenvalue weighted by molar-refractivity contribution is -0.195. The van der Waals surface area contributed by atoms with Gasteiger partial charge in [0.25, 0.3) is 0 Å².